The standard InChI is InChI=1S/C14H18S/c1-10(2)12-4-6-13(7-5-12)14-11(3)8-9-15-14/h4-11,14H,1-3H3. The summed E-state index contributed by atoms with van der Waals surface area (Å²) in [6.45, 7) is 6.77. The molecule has 0 saturated heterocycles. The lowest BCUT2D eigenvalue weighted by atomic mass is 9.97. The quantitative estimate of drug-likeness (QED) is 0.690. The van der Waals surface area contributed by atoms with Crippen LogP contribution >= 0.6 is 11.8 Å². The number of hydrogen-bond donors (Lipinski definition) is 0. The van der Waals surface area contributed by atoms with Crippen molar-refractivity contribution in [2.45, 2.75) is 31.9 Å². The Bertz CT molecular complexity index is 348. The number of allylic oxidation sites excluding steroid dienone is 1. The van der Waals surface area contributed by atoms with E-state index in [4.69, 9.17) is 0 Å². The van der Waals surface area contributed by atoms with Crippen LogP contribution < -0.4 is 0 Å². The molecule has 15 heavy (non-hydrogen) atoms. The molecule has 2 rings (SSSR count). The van der Waals surface area contributed by atoms with E-state index in [0.717, 1.165) is 0 Å². The van der Waals surface area contributed by atoms with E-state index in [1.807, 2.05) is 11.8 Å². The Morgan fingerprint density at radius 3 is 2.27 bits per heavy atom. The Hall–Kier alpha value is -0.690. The molecule has 0 aliphatic carbocycles. The first kappa shape index (κ1) is 10.8. The van der Waals surface area contributed by atoms with Gasteiger partial charge in [0, 0.05) is 5.25 Å². The van der Waals surface area contributed by atoms with Gasteiger partial charge in [-0.1, -0.05) is 51.1 Å². The minimum Gasteiger partial charge on any atom is -0.126 e. The predicted octanol–water partition coefficient (Wildman–Crippen LogP) is 4.75. The van der Waals surface area contributed by atoms with E-state index in [1.54, 1.807) is 0 Å². The summed E-state index contributed by atoms with van der Waals surface area (Å²) in [5.74, 6) is 1.30. The molecule has 0 bridgehead atoms. The van der Waals surface area contributed by atoms with Crippen molar-refractivity contribution in [3.8, 4) is 0 Å². The second-order valence-electron chi connectivity index (χ2n) is 4.57. The second kappa shape index (κ2) is 4.44. The Morgan fingerprint density at radius 2 is 1.80 bits per heavy atom. The number of hydrogen-bond acceptors (Lipinski definition) is 1. The van der Waals surface area contributed by atoms with Crippen LogP contribution in [0.25, 0.3) is 0 Å². The van der Waals surface area contributed by atoms with Crippen molar-refractivity contribution in [3.63, 3.8) is 0 Å². The molecule has 2 atom stereocenters. The maximum Gasteiger partial charge on any atom is 0.0398 e. The molecular weight excluding hydrogens is 200 g/mol. The molecule has 1 aliphatic rings. The van der Waals surface area contributed by atoms with Crippen molar-refractivity contribution in [3.05, 3.63) is 46.9 Å². The summed E-state index contributed by atoms with van der Waals surface area (Å²) < 4.78 is 0. The van der Waals surface area contributed by atoms with Crippen LogP contribution in [-0.4, -0.2) is 0 Å². The van der Waals surface area contributed by atoms with Gasteiger partial charge < -0.3 is 0 Å². The molecule has 80 valence electrons. The van der Waals surface area contributed by atoms with E-state index in [-0.39, 0.29) is 0 Å². The Morgan fingerprint density at radius 1 is 1.13 bits per heavy atom. The minimum atomic E-state index is 0.630. The molecule has 0 radical (unpaired) electrons. The van der Waals surface area contributed by atoms with E-state index in [2.05, 4.69) is 56.5 Å². The highest BCUT2D eigenvalue weighted by molar-refractivity contribution is 8.02. The van der Waals surface area contributed by atoms with Gasteiger partial charge in [0.05, 0.1) is 0 Å². The fourth-order valence-corrected chi connectivity index (χ4v) is 3.09. The molecule has 0 spiro atoms. The van der Waals surface area contributed by atoms with Crippen molar-refractivity contribution >= 4 is 11.8 Å². The molecule has 0 aromatic heterocycles. The minimum absolute atomic E-state index is 0.630. The Labute approximate surface area is 96.8 Å². The average molecular weight is 218 g/mol. The van der Waals surface area contributed by atoms with Gasteiger partial charge in [0.25, 0.3) is 0 Å². The number of benzene rings is 1. The van der Waals surface area contributed by atoms with Crippen molar-refractivity contribution in [2.24, 2.45) is 5.92 Å². The van der Waals surface area contributed by atoms with Crippen LogP contribution in [0.15, 0.2) is 35.7 Å². The van der Waals surface area contributed by atoms with Crippen LogP contribution in [0.2, 0.25) is 0 Å². The summed E-state index contributed by atoms with van der Waals surface area (Å²) >= 11 is 1.94. The lowest BCUT2D eigenvalue weighted by molar-refractivity contribution is 0.718. The van der Waals surface area contributed by atoms with Gasteiger partial charge in [-0.2, -0.15) is 0 Å². The Balaban J connectivity index is 2.17. The lowest BCUT2D eigenvalue weighted by Gasteiger charge is -2.15. The van der Waals surface area contributed by atoms with Crippen molar-refractivity contribution in [2.75, 3.05) is 0 Å². The zero-order valence-electron chi connectivity index (χ0n) is 9.60. The molecule has 1 aromatic carbocycles. The van der Waals surface area contributed by atoms with Gasteiger partial charge in [-0.15, -0.1) is 11.8 Å². The zero-order chi connectivity index (χ0) is 10.8. The fraction of sp³-hybridized carbons (Fsp3) is 0.429. The molecule has 1 aromatic rings. The maximum atomic E-state index is 2.30. The van der Waals surface area contributed by atoms with Crippen LogP contribution in [0.1, 0.15) is 43.1 Å². The van der Waals surface area contributed by atoms with Crippen LogP contribution in [0.4, 0.5) is 0 Å². The van der Waals surface area contributed by atoms with Crippen molar-refractivity contribution < 1.29 is 0 Å². The average Bonchev–Trinajstić information content (AvgIpc) is 2.65. The predicted molar refractivity (Wildman–Crippen MR) is 69.2 cm³/mol. The largest absolute Gasteiger partial charge is 0.126 e. The molecule has 1 heterocycles. The third-order valence-corrected chi connectivity index (χ3v) is 4.33. The molecule has 0 fully saturated rings. The normalized spacial score (nSPS) is 25.1. The molecule has 1 aliphatic heterocycles. The van der Waals surface area contributed by atoms with Gasteiger partial charge in [0.15, 0.2) is 0 Å². The molecule has 0 N–H and O–H groups in total. The van der Waals surface area contributed by atoms with Crippen LogP contribution in [0.3, 0.4) is 0 Å². The molecular formula is C14H18S. The van der Waals surface area contributed by atoms with Crippen LogP contribution in [0, 0.1) is 5.92 Å². The smallest absolute Gasteiger partial charge is 0.0398 e. The first-order valence-corrected chi connectivity index (χ1v) is 6.54. The van der Waals surface area contributed by atoms with Gasteiger partial charge in [-0.3, -0.25) is 0 Å². The topological polar surface area (TPSA) is 0 Å². The third kappa shape index (κ3) is 2.28. The van der Waals surface area contributed by atoms with Gasteiger partial charge in [0.2, 0.25) is 0 Å². The highest BCUT2D eigenvalue weighted by Gasteiger charge is 2.20. The van der Waals surface area contributed by atoms with E-state index < -0.39 is 0 Å². The van der Waals surface area contributed by atoms with Gasteiger partial charge in [-0.25, -0.2) is 0 Å². The summed E-state index contributed by atoms with van der Waals surface area (Å²) in [6.07, 6.45) is 2.30. The van der Waals surface area contributed by atoms with Crippen molar-refractivity contribution in [1.82, 2.24) is 0 Å². The summed E-state index contributed by atoms with van der Waals surface area (Å²) in [4.78, 5) is 0. The summed E-state index contributed by atoms with van der Waals surface area (Å²) in [7, 11) is 0. The van der Waals surface area contributed by atoms with E-state index in [1.165, 1.54) is 11.1 Å². The first-order valence-electron chi connectivity index (χ1n) is 5.60. The highest BCUT2D eigenvalue weighted by Crippen LogP contribution is 2.42. The van der Waals surface area contributed by atoms with Gasteiger partial charge >= 0.3 is 0 Å². The summed E-state index contributed by atoms with van der Waals surface area (Å²) in [6, 6.07) is 9.12. The highest BCUT2D eigenvalue weighted by atomic mass is 32.2. The van der Waals surface area contributed by atoms with Crippen LogP contribution in [0.5, 0.6) is 0 Å². The summed E-state index contributed by atoms with van der Waals surface area (Å²) in [5.41, 5.74) is 2.89. The molecule has 0 amide bonds. The molecule has 1 heteroatoms. The van der Waals surface area contributed by atoms with Crippen molar-refractivity contribution in [1.29, 1.82) is 0 Å². The van der Waals surface area contributed by atoms with Gasteiger partial charge in [0.1, 0.15) is 0 Å². The third-order valence-electron chi connectivity index (χ3n) is 3.02. The van der Waals surface area contributed by atoms with Gasteiger partial charge in [-0.05, 0) is 28.4 Å². The van der Waals surface area contributed by atoms with E-state index in [9.17, 15) is 0 Å². The fourth-order valence-electron chi connectivity index (χ4n) is 1.93. The summed E-state index contributed by atoms with van der Waals surface area (Å²) in [5, 5.41) is 2.86. The zero-order valence-corrected chi connectivity index (χ0v) is 10.4. The number of thioether (sulfide) groups is 1. The number of rotatable bonds is 2. The maximum absolute atomic E-state index is 2.30. The molecule has 0 nitrogen and oxygen atoms in total. The lowest BCUT2D eigenvalue weighted by Crippen LogP contribution is -1.99. The Kier molecular flexibility index (Phi) is 3.20. The van der Waals surface area contributed by atoms with E-state index >= 15 is 0 Å². The second-order valence-corrected chi connectivity index (χ2v) is 5.62. The van der Waals surface area contributed by atoms with E-state index in [0.29, 0.717) is 17.1 Å². The SMILES string of the molecule is CC(C)c1ccc(C2SC=CC2C)cc1. The first-order chi connectivity index (χ1) is 7.18. The van der Waals surface area contributed by atoms with Crippen LogP contribution in [-0.2, 0) is 0 Å². The molecule has 0 saturated carbocycles. The molecule has 2 unspecified atom stereocenters. The monoisotopic (exact) mass is 218 g/mol.